The van der Waals surface area contributed by atoms with Gasteiger partial charge in [0.2, 0.25) is 0 Å². The lowest BCUT2D eigenvalue weighted by Crippen LogP contribution is -2.36. The first-order valence-electron chi connectivity index (χ1n) is 6.35. The monoisotopic (exact) mass is 282 g/mol. The third-order valence-corrected chi connectivity index (χ3v) is 3.57. The van der Waals surface area contributed by atoms with Crippen LogP contribution in [0, 0.1) is 21.8 Å². The van der Waals surface area contributed by atoms with Crippen LogP contribution < -0.4 is 0 Å². The molecule has 0 amide bonds. The SMILES string of the molecule is O=C(O)C1CCN(Cc2cc(F)ccc2[N+](=O)[O-])CC1. The molecule has 0 bridgehead atoms. The van der Waals surface area contributed by atoms with Gasteiger partial charge in [-0.15, -0.1) is 0 Å². The topological polar surface area (TPSA) is 83.7 Å². The summed E-state index contributed by atoms with van der Waals surface area (Å²) in [6.07, 6.45) is 1.02. The zero-order chi connectivity index (χ0) is 14.7. The highest BCUT2D eigenvalue weighted by molar-refractivity contribution is 5.70. The highest BCUT2D eigenvalue weighted by Crippen LogP contribution is 2.24. The molecule has 0 aromatic heterocycles. The van der Waals surface area contributed by atoms with Crippen molar-refractivity contribution < 1.29 is 19.2 Å². The number of carboxylic acid groups (broad SMARTS) is 1. The van der Waals surface area contributed by atoms with Crippen molar-refractivity contribution >= 4 is 11.7 Å². The third-order valence-electron chi connectivity index (χ3n) is 3.57. The maximum Gasteiger partial charge on any atom is 0.306 e. The van der Waals surface area contributed by atoms with Crippen LogP contribution in [0.25, 0.3) is 0 Å². The summed E-state index contributed by atoms with van der Waals surface area (Å²) >= 11 is 0. The Morgan fingerprint density at radius 3 is 2.65 bits per heavy atom. The lowest BCUT2D eigenvalue weighted by atomic mass is 9.96. The fourth-order valence-electron chi connectivity index (χ4n) is 2.44. The van der Waals surface area contributed by atoms with Crippen LogP contribution in [-0.4, -0.2) is 34.0 Å². The van der Waals surface area contributed by atoms with Crippen molar-refractivity contribution in [2.75, 3.05) is 13.1 Å². The van der Waals surface area contributed by atoms with Gasteiger partial charge in [-0.25, -0.2) is 4.39 Å². The number of rotatable bonds is 4. The molecule has 0 atom stereocenters. The number of nitro benzene ring substituents is 1. The van der Waals surface area contributed by atoms with Crippen LogP contribution in [-0.2, 0) is 11.3 Å². The smallest absolute Gasteiger partial charge is 0.306 e. The molecule has 1 heterocycles. The van der Waals surface area contributed by atoms with E-state index in [1.54, 1.807) is 0 Å². The number of carbonyl (C=O) groups is 1. The molecule has 1 aliphatic rings. The van der Waals surface area contributed by atoms with Gasteiger partial charge in [0.25, 0.3) is 5.69 Å². The zero-order valence-electron chi connectivity index (χ0n) is 10.8. The molecular weight excluding hydrogens is 267 g/mol. The van der Waals surface area contributed by atoms with Crippen LogP contribution >= 0.6 is 0 Å². The largest absolute Gasteiger partial charge is 0.481 e. The minimum Gasteiger partial charge on any atom is -0.481 e. The molecule has 0 radical (unpaired) electrons. The van der Waals surface area contributed by atoms with Crippen molar-refractivity contribution in [3.05, 3.63) is 39.7 Å². The molecule has 1 aromatic rings. The minimum absolute atomic E-state index is 0.105. The average Bonchev–Trinajstić information content (AvgIpc) is 2.39. The Bertz CT molecular complexity index is 527. The van der Waals surface area contributed by atoms with Gasteiger partial charge in [-0.05, 0) is 38.1 Å². The number of nitrogens with zero attached hydrogens (tertiary/aromatic N) is 2. The molecule has 0 unspecified atom stereocenters. The van der Waals surface area contributed by atoms with E-state index in [0.29, 0.717) is 31.5 Å². The van der Waals surface area contributed by atoms with Gasteiger partial charge in [-0.3, -0.25) is 19.8 Å². The molecule has 0 spiro atoms. The molecule has 0 saturated carbocycles. The lowest BCUT2D eigenvalue weighted by molar-refractivity contribution is -0.385. The number of carboxylic acids is 1. The van der Waals surface area contributed by atoms with Crippen LogP contribution in [0.5, 0.6) is 0 Å². The van der Waals surface area contributed by atoms with Crippen LogP contribution in [0.4, 0.5) is 10.1 Å². The van der Waals surface area contributed by atoms with Gasteiger partial charge in [-0.2, -0.15) is 0 Å². The van der Waals surface area contributed by atoms with E-state index in [-0.39, 0.29) is 18.2 Å². The van der Waals surface area contributed by atoms with Crippen molar-refractivity contribution in [1.29, 1.82) is 0 Å². The molecule has 0 aliphatic carbocycles. The Labute approximate surface area is 115 Å². The van der Waals surface area contributed by atoms with Crippen LogP contribution in [0.1, 0.15) is 18.4 Å². The van der Waals surface area contributed by atoms with Crippen molar-refractivity contribution in [1.82, 2.24) is 4.90 Å². The second-order valence-electron chi connectivity index (χ2n) is 4.92. The molecule has 1 aliphatic heterocycles. The summed E-state index contributed by atoms with van der Waals surface area (Å²) in [5.74, 6) is -1.67. The summed E-state index contributed by atoms with van der Waals surface area (Å²) in [6, 6.07) is 3.40. The van der Waals surface area contributed by atoms with Gasteiger partial charge in [0.1, 0.15) is 5.82 Å². The first-order valence-corrected chi connectivity index (χ1v) is 6.35. The fourth-order valence-corrected chi connectivity index (χ4v) is 2.44. The molecule has 108 valence electrons. The average molecular weight is 282 g/mol. The van der Waals surface area contributed by atoms with Gasteiger partial charge in [0, 0.05) is 18.2 Å². The predicted molar refractivity (Wildman–Crippen MR) is 68.7 cm³/mol. The number of hydrogen-bond donors (Lipinski definition) is 1. The molecule has 20 heavy (non-hydrogen) atoms. The summed E-state index contributed by atoms with van der Waals surface area (Å²) in [6.45, 7) is 1.36. The molecule has 1 N–H and O–H groups in total. The van der Waals surface area contributed by atoms with E-state index in [2.05, 4.69) is 0 Å². The van der Waals surface area contributed by atoms with Crippen molar-refractivity contribution in [2.45, 2.75) is 19.4 Å². The van der Waals surface area contributed by atoms with Gasteiger partial charge in [-0.1, -0.05) is 0 Å². The van der Waals surface area contributed by atoms with E-state index in [9.17, 15) is 19.3 Å². The maximum atomic E-state index is 13.2. The highest BCUT2D eigenvalue weighted by atomic mass is 19.1. The molecule has 1 fully saturated rings. The Hall–Kier alpha value is -2.02. The summed E-state index contributed by atoms with van der Waals surface area (Å²) in [5.41, 5.74) is 0.218. The van der Waals surface area contributed by atoms with Gasteiger partial charge >= 0.3 is 5.97 Å². The van der Waals surface area contributed by atoms with E-state index in [1.807, 2.05) is 4.90 Å². The number of piperidine rings is 1. The van der Waals surface area contributed by atoms with Crippen LogP contribution in [0.15, 0.2) is 18.2 Å². The fraction of sp³-hybridized carbons (Fsp3) is 0.462. The second kappa shape index (κ2) is 5.96. The molecule has 6 nitrogen and oxygen atoms in total. The van der Waals surface area contributed by atoms with Crippen molar-refractivity contribution in [3.8, 4) is 0 Å². The highest BCUT2D eigenvalue weighted by Gasteiger charge is 2.26. The van der Waals surface area contributed by atoms with Gasteiger partial charge in [0.05, 0.1) is 10.8 Å². The van der Waals surface area contributed by atoms with Crippen LogP contribution in [0.3, 0.4) is 0 Å². The number of hydrogen-bond acceptors (Lipinski definition) is 4. The molecule has 7 heteroatoms. The molecular formula is C13H15FN2O4. The minimum atomic E-state index is -0.804. The van der Waals surface area contributed by atoms with E-state index in [4.69, 9.17) is 5.11 Å². The first-order chi connectivity index (χ1) is 9.47. The zero-order valence-corrected chi connectivity index (χ0v) is 10.8. The van der Waals surface area contributed by atoms with E-state index < -0.39 is 16.7 Å². The van der Waals surface area contributed by atoms with E-state index >= 15 is 0 Å². The Morgan fingerprint density at radius 2 is 2.10 bits per heavy atom. The number of benzene rings is 1. The first kappa shape index (κ1) is 14.4. The second-order valence-corrected chi connectivity index (χ2v) is 4.92. The number of aliphatic carboxylic acids is 1. The summed E-state index contributed by atoms with van der Waals surface area (Å²) in [7, 11) is 0. The van der Waals surface area contributed by atoms with Crippen molar-refractivity contribution in [3.63, 3.8) is 0 Å². The third kappa shape index (κ3) is 3.30. The van der Waals surface area contributed by atoms with Gasteiger partial charge < -0.3 is 5.11 Å². The summed E-state index contributed by atoms with van der Waals surface area (Å²) in [5, 5.41) is 19.8. The van der Waals surface area contributed by atoms with Crippen LogP contribution in [0.2, 0.25) is 0 Å². The number of likely N-dealkylation sites (tertiary alicyclic amines) is 1. The maximum absolute atomic E-state index is 13.2. The van der Waals surface area contributed by atoms with Crippen molar-refractivity contribution in [2.24, 2.45) is 5.92 Å². The quantitative estimate of drug-likeness (QED) is 0.674. The molecule has 2 rings (SSSR count). The van der Waals surface area contributed by atoms with Gasteiger partial charge in [0.15, 0.2) is 0 Å². The predicted octanol–water partition coefficient (Wildman–Crippen LogP) is 2.03. The number of halogens is 1. The summed E-state index contributed by atoms with van der Waals surface area (Å²) in [4.78, 5) is 23.1. The summed E-state index contributed by atoms with van der Waals surface area (Å²) < 4.78 is 13.2. The standard InChI is InChI=1S/C13H15FN2O4/c14-11-1-2-12(16(19)20)10(7-11)8-15-5-3-9(4-6-15)13(17)18/h1-2,7,9H,3-6,8H2,(H,17,18). The molecule has 1 aromatic carbocycles. The Kier molecular flexibility index (Phi) is 4.29. The Morgan fingerprint density at radius 1 is 1.45 bits per heavy atom. The number of nitro groups is 1. The van der Waals surface area contributed by atoms with E-state index in [0.717, 1.165) is 12.1 Å². The molecule has 1 saturated heterocycles. The lowest BCUT2D eigenvalue weighted by Gasteiger charge is -2.29. The van der Waals surface area contributed by atoms with E-state index in [1.165, 1.54) is 6.07 Å². The Balaban J connectivity index is 2.06. The normalized spacial score (nSPS) is 17.1.